The lowest BCUT2D eigenvalue weighted by Gasteiger charge is -2.38. The molecule has 0 radical (unpaired) electrons. The molecule has 7 heteroatoms. The molecule has 5 nitrogen and oxygen atoms in total. The molecule has 0 bridgehead atoms. The number of aliphatic hydroxyl groups excluding tert-OH is 1. The Morgan fingerprint density at radius 1 is 1.14 bits per heavy atom. The summed E-state index contributed by atoms with van der Waals surface area (Å²) in [6.45, 7) is 3.06. The Labute approximate surface area is 218 Å². The molecule has 3 atom stereocenters. The lowest BCUT2D eigenvalue weighted by molar-refractivity contribution is 0.0640. The number of piperidine rings is 1. The van der Waals surface area contributed by atoms with Gasteiger partial charge >= 0.3 is 0 Å². The average Bonchev–Trinajstić information content (AvgIpc) is 2.93. The number of nitrogens with zero attached hydrogens (tertiary/aromatic N) is 2. The number of methoxy groups -OCH3 is 2. The zero-order chi connectivity index (χ0) is 25.3. The van der Waals surface area contributed by atoms with E-state index >= 15 is 4.39 Å². The number of ether oxygens (including phenoxy) is 2. The van der Waals surface area contributed by atoms with Crippen molar-refractivity contribution >= 4 is 22.7 Å². The minimum Gasteiger partial charge on any atom is -0.497 e. The molecule has 2 aromatic carbocycles. The zero-order valence-electron chi connectivity index (χ0n) is 21.2. The van der Waals surface area contributed by atoms with Crippen LogP contribution in [0, 0.1) is 11.8 Å². The number of alkyl halides is 1. The summed E-state index contributed by atoms with van der Waals surface area (Å²) in [5.41, 5.74) is 1.45. The van der Waals surface area contributed by atoms with E-state index in [1.165, 1.54) is 4.90 Å². The summed E-state index contributed by atoms with van der Waals surface area (Å²) >= 11 is 1.82. The summed E-state index contributed by atoms with van der Waals surface area (Å²) in [4.78, 5) is 8.00. The number of para-hydroxylation sites is 1. The number of rotatable bonds is 12. The molecule has 1 aliphatic rings. The third-order valence-corrected chi connectivity index (χ3v) is 8.41. The van der Waals surface area contributed by atoms with Crippen molar-refractivity contribution in [3.8, 4) is 11.5 Å². The summed E-state index contributed by atoms with van der Waals surface area (Å²) in [6, 6.07) is 15.5. The molecule has 0 spiro atoms. The van der Waals surface area contributed by atoms with Crippen molar-refractivity contribution < 1.29 is 19.0 Å². The van der Waals surface area contributed by atoms with Crippen molar-refractivity contribution in [3.63, 3.8) is 0 Å². The van der Waals surface area contributed by atoms with Crippen LogP contribution >= 0.6 is 11.8 Å². The molecule has 0 unspecified atom stereocenters. The second-order valence-electron chi connectivity index (χ2n) is 9.47. The predicted molar refractivity (Wildman–Crippen MR) is 145 cm³/mol. The maximum Gasteiger partial charge on any atom is 0.132 e. The van der Waals surface area contributed by atoms with Crippen LogP contribution in [0.25, 0.3) is 10.9 Å². The highest BCUT2D eigenvalue weighted by Gasteiger charge is 2.29. The van der Waals surface area contributed by atoms with E-state index in [2.05, 4.69) is 16.0 Å². The Kier molecular flexibility index (Phi) is 9.84. The number of benzene rings is 2. The molecule has 36 heavy (non-hydrogen) atoms. The van der Waals surface area contributed by atoms with E-state index in [0.29, 0.717) is 23.7 Å². The number of aromatic nitrogens is 1. The van der Waals surface area contributed by atoms with Gasteiger partial charge in [-0.3, -0.25) is 4.98 Å². The fourth-order valence-corrected chi connectivity index (χ4v) is 6.18. The van der Waals surface area contributed by atoms with Crippen LogP contribution in [0.15, 0.2) is 59.6 Å². The summed E-state index contributed by atoms with van der Waals surface area (Å²) in [5, 5.41) is 10.9. The molecule has 0 amide bonds. The molecule has 1 aliphatic heterocycles. The molecule has 1 N–H and O–H groups in total. The van der Waals surface area contributed by atoms with E-state index in [-0.39, 0.29) is 12.5 Å². The van der Waals surface area contributed by atoms with Crippen molar-refractivity contribution in [2.75, 3.05) is 46.2 Å². The molecule has 2 heterocycles. The van der Waals surface area contributed by atoms with Crippen LogP contribution in [-0.2, 0) is 0 Å². The zero-order valence-corrected chi connectivity index (χ0v) is 22.1. The minimum atomic E-state index is -1.06. The average molecular weight is 513 g/mol. The molecule has 0 aliphatic carbocycles. The number of aliphatic hydroxyl groups is 1. The topological polar surface area (TPSA) is 54.8 Å². The Morgan fingerprint density at radius 2 is 2.00 bits per heavy atom. The van der Waals surface area contributed by atoms with E-state index in [4.69, 9.17) is 9.47 Å². The van der Waals surface area contributed by atoms with Crippen LogP contribution < -0.4 is 9.47 Å². The number of hydrogen-bond donors (Lipinski definition) is 1. The van der Waals surface area contributed by atoms with Gasteiger partial charge < -0.3 is 19.5 Å². The molecule has 3 aromatic rings. The molecular weight excluding hydrogens is 475 g/mol. The highest BCUT2D eigenvalue weighted by molar-refractivity contribution is 7.99. The first kappa shape index (κ1) is 26.7. The molecule has 0 saturated carbocycles. The van der Waals surface area contributed by atoms with Crippen LogP contribution in [0.1, 0.15) is 37.4 Å². The largest absolute Gasteiger partial charge is 0.497 e. The van der Waals surface area contributed by atoms with Gasteiger partial charge in [-0.05, 0) is 98.3 Å². The van der Waals surface area contributed by atoms with Crippen molar-refractivity contribution in [1.82, 2.24) is 9.88 Å². The predicted octanol–water partition coefficient (Wildman–Crippen LogP) is 6.16. The maximum atomic E-state index is 15.4. The van der Waals surface area contributed by atoms with Gasteiger partial charge in [-0.2, -0.15) is 0 Å². The van der Waals surface area contributed by atoms with Crippen LogP contribution in [0.3, 0.4) is 0 Å². The Bertz CT molecular complexity index is 1110. The molecule has 194 valence electrons. The Morgan fingerprint density at radius 3 is 2.81 bits per heavy atom. The van der Waals surface area contributed by atoms with Gasteiger partial charge in [-0.1, -0.05) is 12.1 Å². The lowest BCUT2D eigenvalue weighted by atomic mass is 9.81. The molecule has 1 aromatic heterocycles. The van der Waals surface area contributed by atoms with Gasteiger partial charge in [-0.25, -0.2) is 4.39 Å². The number of pyridine rings is 1. The van der Waals surface area contributed by atoms with E-state index in [1.54, 1.807) is 26.5 Å². The summed E-state index contributed by atoms with van der Waals surface area (Å²) < 4.78 is 26.2. The van der Waals surface area contributed by atoms with Crippen LogP contribution in [0.4, 0.5) is 4.39 Å². The van der Waals surface area contributed by atoms with E-state index in [1.807, 2.05) is 48.2 Å². The van der Waals surface area contributed by atoms with E-state index < -0.39 is 6.17 Å². The summed E-state index contributed by atoms with van der Waals surface area (Å²) in [6.07, 6.45) is 3.92. The maximum absolute atomic E-state index is 15.4. The standard InChI is InChI=1S/C29H37FN2O3S/c1-34-23-9-11-27-25(18-23)24(12-14-31-27)26(30)10-8-21-13-16-32(19-22(21)20-33)15-5-17-36-29-7-4-3-6-28(29)35-2/h3-4,6-7,9,11-12,14,18,21-22,26,33H,5,8,10,13,15-17,19-20H2,1-2H3/t21-,22-,26-/m1/s1. The number of likely N-dealkylation sites (tertiary alicyclic amines) is 1. The highest BCUT2D eigenvalue weighted by atomic mass is 32.2. The third-order valence-electron chi connectivity index (χ3n) is 7.27. The summed E-state index contributed by atoms with van der Waals surface area (Å²) in [7, 11) is 3.32. The van der Waals surface area contributed by atoms with Crippen molar-refractivity contribution in [1.29, 1.82) is 0 Å². The minimum absolute atomic E-state index is 0.156. The van der Waals surface area contributed by atoms with Crippen LogP contribution in [0.5, 0.6) is 11.5 Å². The van der Waals surface area contributed by atoms with Gasteiger partial charge in [0.15, 0.2) is 0 Å². The van der Waals surface area contributed by atoms with Gasteiger partial charge in [0.25, 0.3) is 0 Å². The first-order valence-electron chi connectivity index (χ1n) is 12.8. The molecule has 1 fully saturated rings. The van der Waals surface area contributed by atoms with Gasteiger partial charge in [-0.15, -0.1) is 11.8 Å². The lowest BCUT2D eigenvalue weighted by Crippen LogP contribution is -2.42. The Hall–Kier alpha value is -2.35. The monoisotopic (exact) mass is 512 g/mol. The number of fused-ring (bicyclic) bond motifs is 1. The second-order valence-corrected chi connectivity index (χ2v) is 10.6. The fraction of sp³-hybridized carbons (Fsp3) is 0.483. The quantitative estimate of drug-likeness (QED) is 0.232. The van der Waals surface area contributed by atoms with Gasteiger partial charge in [0, 0.05) is 29.6 Å². The van der Waals surface area contributed by atoms with Gasteiger partial charge in [0.2, 0.25) is 0 Å². The number of thioether (sulfide) groups is 1. The molecule has 4 rings (SSSR count). The molecule has 1 saturated heterocycles. The Balaban J connectivity index is 1.26. The van der Waals surface area contributed by atoms with E-state index in [0.717, 1.165) is 61.3 Å². The van der Waals surface area contributed by atoms with Gasteiger partial charge in [0.1, 0.15) is 17.7 Å². The first-order chi connectivity index (χ1) is 17.6. The smallest absolute Gasteiger partial charge is 0.132 e. The van der Waals surface area contributed by atoms with Gasteiger partial charge in [0.05, 0.1) is 19.7 Å². The fourth-order valence-electron chi connectivity index (χ4n) is 5.22. The number of halogens is 1. The summed E-state index contributed by atoms with van der Waals surface area (Å²) in [5.74, 6) is 3.20. The first-order valence-corrected chi connectivity index (χ1v) is 13.8. The number of hydrogen-bond acceptors (Lipinski definition) is 6. The second kappa shape index (κ2) is 13.3. The van der Waals surface area contributed by atoms with E-state index in [9.17, 15) is 5.11 Å². The van der Waals surface area contributed by atoms with Crippen LogP contribution in [0.2, 0.25) is 0 Å². The normalized spacial score (nSPS) is 19.3. The molecular formula is C29H37FN2O3S. The third kappa shape index (κ3) is 6.69. The van der Waals surface area contributed by atoms with Crippen molar-refractivity contribution in [2.45, 2.75) is 36.8 Å². The van der Waals surface area contributed by atoms with Crippen molar-refractivity contribution in [3.05, 3.63) is 60.3 Å². The van der Waals surface area contributed by atoms with Crippen molar-refractivity contribution in [2.24, 2.45) is 11.8 Å². The highest BCUT2D eigenvalue weighted by Crippen LogP contribution is 2.35. The van der Waals surface area contributed by atoms with Crippen LogP contribution in [-0.4, -0.2) is 61.2 Å². The SMILES string of the molecule is COc1ccc2nccc([C@H](F)CC[C@@H]3CCN(CCCSc4ccccc4OC)C[C@@H]3CO)c2c1.